The molecule has 0 aliphatic heterocycles. The number of aromatic nitrogens is 1. The monoisotopic (exact) mass is 338 g/mol. The standard InChI is InChI=1S/C11H9ClF2N2O2S2/c1-6(10-7(13)3-2-4-8(10)14)16-20(17,18)9-5-15-11(12)19-9/h2-6,16H,1H3. The van der Waals surface area contributed by atoms with Gasteiger partial charge in [0.1, 0.15) is 11.6 Å². The first-order valence-electron chi connectivity index (χ1n) is 5.39. The van der Waals surface area contributed by atoms with E-state index in [9.17, 15) is 17.2 Å². The molecule has 1 aromatic heterocycles. The van der Waals surface area contributed by atoms with Crippen molar-refractivity contribution in [3.8, 4) is 0 Å². The summed E-state index contributed by atoms with van der Waals surface area (Å²) >= 11 is 6.32. The zero-order valence-electron chi connectivity index (χ0n) is 10.1. The number of thiazole rings is 1. The molecular weight excluding hydrogens is 330 g/mol. The molecule has 1 unspecified atom stereocenters. The van der Waals surface area contributed by atoms with Crippen LogP contribution < -0.4 is 4.72 Å². The van der Waals surface area contributed by atoms with Gasteiger partial charge in [-0.15, -0.1) is 0 Å². The summed E-state index contributed by atoms with van der Waals surface area (Å²) in [4.78, 5) is 3.61. The SMILES string of the molecule is CC(NS(=O)(=O)c1cnc(Cl)s1)c1c(F)cccc1F. The highest BCUT2D eigenvalue weighted by atomic mass is 35.5. The normalized spacial score (nSPS) is 13.4. The molecule has 1 aromatic carbocycles. The van der Waals surface area contributed by atoms with Gasteiger partial charge in [-0.3, -0.25) is 0 Å². The highest BCUT2D eigenvalue weighted by molar-refractivity contribution is 7.91. The lowest BCUT2D eigenvalue weighted by Gasteiger charge is -2.15. The number of halogens is 3. The molecule has 0 saturated heterocycles. The van der Waals surface area contributed by atoms with Gasteiger partial charge < -0.3 is 0 Å². The van der Waals surface area contributed by atoms with Crippen molar-refractivity contribution in [3.05, 3.63) is 46.1 Å². The molecule has 108 valence electrons. The van der Waals surface area contributed by atoms with E-state index in [4.69, 9.17) is 11.6 Å². The first-order chi connectivity index (χ1) is 9.31. The Morgan fingerprint density at radius 3 is 2.45 bits per heavy atom. The van der Waals surface area contributed by atoms with Gasteiger partial charge >= 0.3 is 0 Å². The Kier molecular flexibility index (Phi) is 4.38. The van der Waals surface area contributed by atoms with Gasteiger partial charge in [0.15, 0.2) is 8.68 Å². The van der Waals surface area contributed by atoms with E-state index >= 15 is 0 Å². The van der Waals surface area contributed by atoms with Gasteiger partial charge in [0.05, 0.1) is 6.20 Å². The van der Waals surface area contributed by atoms with Crippen LogP contribution >= 0.6 is 22.9 Å². The third kappa shape index (κ3) is 3.14. The number of hydrogen-bond acceptors (Lipinski definition) is 4. The van der Waals surface area contributed by atoms with Gasteiger partial charge in [-0.1, -0.05) is 29.0 Å². The van der Waals surface area contributed by atoms with Crippen molar-refractivity contribution >= 4 is 33.0 Å². The van der Waals surface area contributed by atoms with E-state index in [0.29, 0.717) is 0 Å². The fourth-order valence-electron chi connectivity index (χ4n) is 1.64. The number of benzene rings is 1. The summed E-state index contributed by atoms with van der Waals surface area (Å²) in [6, 6.07) is 2.26. The molecule has 0 radical (unpaired) electrons. The van der Waals surface area contributed by atoms with Crippen LogP contribution in [0.3, 0.4) is 0 Å². The van der Waals surface area contributed by atoms with Crippen LogP contribution in [0, 0.1) is 11.6 Å². The molecule has 0 spiro atoms. The largest absolute Gasteiger partial charge is 0.252 e. The number of nitrogens with one attached hydrogen (secondary N) is 1. The fraction of sp³-hybridized carbons (Fsp3) is 0.182. The third-order valence-corrected chi connectivity index (χ3v) is 5.60. The molecule has 0 amide bonds. The molecule has 9 heteroatoms. The van der Waals surface area contributed by atoms with E-state index in [0.717, 1.165) is 29.7 Å². The van der Waals surface area contributed by atoms with Crippen molar-refractivity contribution in [2.75, 3.05) is 0 Å². The minimum absolute atomic E-state index is 0.0649. The maximum atomic E-state index is 13.6. The smallest absolute Gasteiger partial charge is 0.232 e. The lowest BCUT2D eigenvalue weighted by atomic mass is 10.1. The molecule has 0 aliphatic carbocycles. The Morgan fingerprint density at radius 2 is 1.95 bits per heavy atom. The van der Waals surface area contributed by atoms with Crippen LogP contribution in [0.15, 0.2) is 28.6 Å². The Hall–Kier alpha value is -1.09. The predicted octanol–water partition coefficient (Wildman–Crippen LogP) is 3.11. The summed E-state index contributed by atoms with van der Waals surface area (Å²) in [5, 5.41) is 0. The minimum atomic E-state index is -3.93. The van der Waals surface area contributed by atoms with Gasteiger partial charge in [0, 0.05) is 11.6 Å². The Morgan fingerprint density at radius 1 is 1.35 bits per heavy atom. The lowest BCUT2D eigenvalue weighted by molar-refractivity contribution is 0.515. The van der Waals surface area contributed by atoms with Gasteiger partial charge in [-0.05, 0) is 19.1 Å². The van der Waals surface area contributed by atoms with Crippen LogP contribution in [0.1, 0.15) is 18.5 Å². The first kappa shape index (κ1) is 15.3. The average Bonchev–Trinajstić information content (AvgIpc) is 2.75. The highest BCUT2D eigenvalue weighted by Gasteiger charge is 2.24. The zero-order valence-corrected chi connectivity index (χ0v) is 12.5. The molecule has 20 heavy (non-hydrogen) atoms. The molecule has 2 aromatic rings. The molecule has 0 aliphatic rings. The van der Waals surface area contributed by atoms with E-state index in [-0.39, 0.29) is 14.2 Å². The Bertz CT molecular complexity index is 714. The van der Waals surface area contributed by atoms with Crippen LogP contribution in [-0.4, -0.2) is 13.4 Å². The number of nitrogens with zero attached hydrogens (tertiary/aromatic N) is 1. The molecule has 1 heterocycles. The van der Waals surface area contributed by atoms with Gasteiger partial charge in [0.25, 0.3) is 10.0 Å². The average molecular weight is 339 g/mol. The lowest BCUT2D eigenvalue weighted by Crippen LogP contribution is -2.27. The molecule has 2 rings (SSSR count). The van der Waals surface area contributed by atoms with Crippen LogP contribution in [0.25, 0.3) is 0 Å². The predicted molar refractivity (Wildman–Crippen MR) is 72.2 cm³/mol. The maximum absolute atomic E-state index is 13.6. The van der Waals surface area contributed by atoms with Crippen LogP contribution in [0.4, 0.5) is 8.78 Å². The second-order valence-corrected chi connectivity index (χ2v) is 7.46. The summed E-state index contributed by atoms with van der Waals surface area (Å²) in [6.45, 7) is 1.35. The number of hydrogen-bond donors (Lipinski definition) is 1. The second kappa shape index (κ2) is 5.72. The molecule has 0 fully saturated rings. The summed E-state index contributed by atoms with van der Waals surface area (Å²) in [5.74, 6) is -1.63. The zero-order chi connectivity index (χ0) is 14.9. The maximum Gasteiger partial charge on any atom is 0.252 e. The summed E-state index contributed by atoms with van der Waals surface area (Å²) in [6.07, 6.45) is 1.08. The summed E-state index contributed by atoms with van der Waals surface area (Å²) in [7, 11) is -3.93. The van der Waals surface area contributed by atoms with Crippen molar-refractivity contribution in [1.82, 2.24) is 9.71 Å². The van der Waals surface area contributed by atoms with Gasteiger partial charge in [-0.25, -0.2) is 26.9 Å². The van der Waals surface area contributed by atoms with E-state index in [1.54, 1.807) is 0 Å². The molecule has 0 saturated carbocycles. The second-order valence-electron chi connectivity index (χ2n) is 3.91. The molecular formula is C11H9ClF2N2O2S2. The molecule has 1 N–H and O–H groups in total. The highest BCUT2D eigenvalue weighted by Crippen LogP contribution is 2.26. The van der Waals surface area contributed by atoms with Crippen molar-refractivity contribution < 1.29 is 17.2 Å². The van der Waals surface area contributed by atoms with Crippen molar-refractivity contribution in [3.63, 3.8) is 0 Å². The summed E-state index contributed by atoms with van der Waals surface area (Å²) in [5.41, 5.74) is -0.341. The van der Waals surface area contributed by atoms with E-state index in [1.165, 1.54) is 13.0 Å². The number of rotatable bonds is 4. The van der Waals surface area contributed by atoms with Crippen molar-refractivity contribution in [1.29, 1.82) is 0 Å². The minimum Gasteiger partial charge on any atom is -0.232 e. The Labute approximate surface area is 123 Å². The van der Waals surface area contributed by atoms with E-state index in [2.05, 4.69) is 9.71 Å². The molecule has 0 bridgehead atoms. The molecule has 1 atom stereocenters. The quantitative estimate of drug-likeness (QED) is 0.931. The summed E-state index contributed by atoms with van der Waals surface area (Å²) < 4.78 is 53.3. The topological polar surface area (TPSA) is 59.1 Å². The Balaban J connectivity index is 2.30. The molecule has 4 nitrogen and oxygen atoms in total. The van der Waals surface area contributed by atoms with Crippen molar-refractivity contribution in [2.24, 2.45) is 0 Å². The fourth-order valence-corrected chi connectivity index (χ4v) is 4.16. The van der Waals surface area contributed by atoms with E-state index in [1.807, 2.05) is 0 Å². The van der Waals surface area contributed by atoms with Gasteiger partial charge in [0.2, 0.25) is 0 Å². The van der Waals surface area contributed by atoms with Crippen molar-refractivity contribution in [2.45, 2.75) is 17.2 Å². The number of sulfonamides is 1. The first-order valence-corrected chi connectivity index (χ1v) is 8.06. The van der Waals surface area contributed by atoms with Crippen LogP contribution in [-0.2, 0) is 10.0 Å². The van der Waals surface area contributed by atoms with Crippen LogP contribution in [0.5, 0.6) is 0 Å². The third-order valence-electron chi connectivity index (χ3n) is 2.49. The van der Waals surface area contributed by atoms with Crippen LogP contribution in [0.2, 0.25) is 4.47 Å². The van der Waals surface area contributed by atoms with E-state index < -0.39 is 27.7 Å². The van der Waals surface area contributed by atoms with Gasteiger partial charge in [-0.2, -0.15) is 0 Å².